The molecule has 0 saturated carbocycles. The molecule has 0 fully saturated rings. The van der Waals surface area contributed by atoms with Crippen LogP contribution in [0.25, 0.3) is 0 Å². The van der Waals surface area contributed by atoms with Gasteiger partial charge in [-0.1, -0.05) is 19.9 Å². The van der Waals surface area contributed by atoms with Crippen LogP contribution >= 0.6 is 0 Å². The number of anilines is 1. The molecule has 108 valence electrons. The first-order chi connectivity index (χ1) is 8.90. The third kappa shape index (κ3) is 4.49. The molecule has 1 aromatic rings. The summed E-state index contributed by atoms with van der Waals surface area (Å²) in [6, 6.07) is 4.78. The SMILES string of the molecule is CCc1ccc(S(=O)(=O)NCC(C)CCO)cc1N. The summed E-state index contributed by atoms with van der Waals surface area (Å²) in [4.78, 5) is 0.179. The highest BCUT2D eigenvalue weighted by molar-refractivity contribution is 7.89. The number of rotatable bonds is 7. The summed E-state index contributed by atoms with van der Waals surface area (Å²) >= 11 is 0. The van der Waals surface area contributed by atoms with Gasteiger partial charge in [0.2, 0.25) is 10.0 Å². The predicted octanol–water partition coefficient (Wildman–Crippen LogP) is 1.13. The van der Waals surface area contributed by atoms with Crippen LogP contribution in [0.5, 0.6) is 0 Å². The van der Waals surface area contributed by atoms with Crippen LogP contribution in [0, 0.1) is 5.92 Å². The molecule has 1 aromatic carbocycles. The van der Waals surface area contributed by atoms with Crippen molar-refractivity contribution < 1.29 is 13.5 Å². The molecule has 0 amide bonds. The monoisotopic (exact) mass is 286 g/mol. The van der Waals surface area contributed by atoms with Crippen LogP contribution in [0.2, 0.25) is 0 Å². The lowest BCUT2D eigenvalue weighted by Gasteiger charge is -2.12. The maximum absolute atomic E-state index is 12.1. The molecule has 1 rings (SSSR count). The molecule has 0 spiro atoms. The van der Waals surface area contributed by atoms with E-state index in [2.05, 4.69) is 4.72 Å². The van der Waals surface area contributed by atoms with Gasteiger partial charge in [0.15, 0.2) is 0 Å². The van der Waals surface area contributed by atoms with Gasteiger partial charge in [0, 0.05) is 18.8 Å². The van der Waals surface area contributed by atoms with Gasteiger partial charge in [-0.3, -0.25) is 0 Å². The van der Waals surface area contributed by atoms with Crippen LogP contribution in [0.3, 0.4) is 0 Å². The van der Waals surface area contributed by atoms with Gasteiger partial charge >= 0.3 is 0 Å². The number of benzene rings is 1. The number of sulfonamides is 1. The fourth-order valence-electron chi connectivity index (χ4n) is 1.72. The van der Waals surface area contributed by atoms with E-state index in [1.54, 1.807) is 12.1 Å². The lowest BCUT2D eigenvalue weighted by Crippen LogP contribution is -2.29. The van der Waals surface area contributed by atoms with Crippen LogP contribution in [0.1, 0.15) is 25.8 Å². The van der Waals surface area contributed by atoms with Crippen LogP contribution in [0.15, 0.2) is 23.1 Å². The van der Waals surface area contributed by atoms with Crippen LogP contribution in [-0.4, -0.2) is 26.7 Å². The highest BCUT2D eigenvalue weighted by Crippen LogP contribution is 2.18. The molecule has 1 unspecified atom stereocenters. The number of nitrogen functional groups attached to an aromatic ring is 1. The molecule has 0 aliphatic carbocycles. The number of nitrogens with one attached hydrogen (secondary N) is 1. The van der Waals surface area contributed by atoms with Gasteiger partial charge in [-0.05, 0) is 36.5 Å². The van der Waals surface area contributed by atoms with Crippen LogP contribution in [0.4, 0.5) is 5.69 Å². The van der Waals surface area contributed by atoms with Crippen molar-refractivity contribution in [3.63, 3.8) is 0 Å². The average Bonchev–Trinajstić information content (AvgIpc) is 2.37. The molecule has 4 N–H and O–H groups in total. The quantitative estimate of drug-likeness (QED) is 0.655. The zero-order valence-electron chi connectivity index (χ0n) is 11.4. The molecule has 6 heteroatoms. The standard InChI is InChI=1S/C13H22N2O3S/c1-3-11-4-5-12(8-13(11)14)19(17,18)15-9-10(2)6-7-16/h4-5,8,10,15-16H,3,6-7,9,14H2,1-2H3. The highest BCUT2D eigenvalue weighted by Gasteiger charge is 2.16. The molecule has 5 nitrogen and oxygen atoms in total. The van der Waals surface area contributed by atoms with Crippen molar-refractivity contribution >= 4 is 15.7 Å². The minimum atomic E-state index is -3.53. The van der Waals surface area contributed by atoms with Crippen molar-refractivity contribution in [2.75, 3.05) is 18.9 Å². The van der Waals surface area contributed by atoms with E-state index in [1.165, 1.54) is 6.07 Å². The second-order valence-corrected chi connectivity index (χ2v) is 6.45. The molecular weight excluding hydrogens is 264 g/mol. The summed E-state index contributed by atoms with van der Waals surface area (Å²) < 4.78 is 26.7. The smallest absolute Gasteiger partial charge is 0.240 e. The zero-order chi connectivity index (χ0) is 14.5. The van der Waals surface area contributed by atoms with Crippen molar-refractivity contribution in [1.29, 1.82) is 0 Å². The predicted molar refractivity (Wildman–Crippen MR) is 76.3 cm³/mol. The Balaban J connectivity index is 2.80. The Hall–Kier alpha value is -1.11. The summed E-state index contributed by atoms with van der Waals surface area (Å²) in [6.07, 6.45) is 1.34. The second-order valence-electron chi connectivity index (χ2n) is 4.68. The fourth-order valence-corrected chi connectivity index (χ4v) is 2.92. The maximum Gasteiger partial charge on any atom is 0.240 e. The van der Waals surface area contributed by atoms with E-state index < -0.39 is 10.0 Å². The number of hydrogen-bond donors (Lipinski definition) is 3. The summed E-state index contributed by atoms with van der Waals surface area (Å²) in [6.45, 7) is 4.21. The van der Waals surface area contributed by atoms with E-state index >= 15 is 0 Å². The van der Waals surface area contributed by atoms with Gasteiger partial charge in [-0.25, -0.2) is 13.1 Å². The molecule has 0 bridgehead atoms. The van der Waals surface area contributed by atoms with E-state index in [0.29, 0.717) is 18.7 Å². The molecule has 0 aliphatic rings. The Morgan fingerprint density at radius 3 is 2.63 bits per heavy atom. The molecule has 0 aromatic heterocycles. The lowest BCUT2D eigenvalue weighted by atomic mass is 10.1. The number of nitrogens with two attached hydrogens (primary N) is 1. The van der Waals surface area contributed by atoms with Gasteiger partial charge in [0.05, 0.1) is 4.90 Å². The number of aliphatic hydroxyl groups excluding tert-OH is 1. The summed E-state index contributed by atoms with van der Waals surface area (Å²) in [5.74, 6) is 0.0898. The van der Waals surface area contributed by atoms with Gasteiger partial charge in [-0.15, -0.1) is 0 Å². The van der Waals surface area contributed by atoms with E-state index in [0.717, 1.165) is 12.0 Å². The second kappa shape index (κ2) is 6.88. The van der Waals surface area contributed by atoms with Gasteiger partial charge in [0.1, 0.15) is 0 Å². The molecule has 0 radical (unpaired) electrons. The third-order valence-corrected chi connectivity index (χ3v) is 4.47. The minimum absolute atomic E-state index is 0.0566. The first-order valence-electron chi connectivity index (χ1n) is 6.39. The van der Waals surface area contributed by atoms with Gasteiger partial charge < -0.3 is 10.8 Å². The Kier molecular flexibility index (Phi) is 5.78. The Bertz CT molecular complexity index is 515. The van der Waals surface area contributed by atoms with Gasteiger partial charge in [0.25, 0.3) is 0 Å². The Labute approximate surface area is 114 Å². The molecule has 0 saturated heterocycles. The van der Waals surface area contributed by atoms with Gasteiger partial charge in [-0.2, -0.15) is 0 Å². The first kappa shape index (κ1) is 15.9. The van der Waals surface area contributed by atoms with Crippen molar-refractivity contribution in [3.8, 4) is 0 Å². The van der Waals surface area contributed by atoms with E-state index in [1.807, 2.05) is 13.8 Å². The minimum Gasteiger partial charge on any atom is -0.398 e. The number of aliphatic hydroxyl groups is 1. The summed E-state index contributed by atoms with van der Waals surface area (Å²) in [5.41, 5.74) is 7.24. The van der Waals surface area contributed by atoms with E-state index in [4.69, 9.17) is 10.8 Å². The zero-order valence-corrected chi connectivity index (χ0v) is 12.2. The molecule has 19 heavy (non-hydrogen) atoms. The Morgan fingerprint density at radius 2 is 2.11 bits per heavy atom. The summed E-state index contributed by atoms with van der Waals surface area (Å²) in [5, 5.41) is 8.78. The van der Waals surface area contributed by atoms with Crippen molar-refractivity contribution in [3.05, 3.63) is 23.8 Å². The van der Waals surface area contributed by atoms with E-state index in [9.17, 15) is 8.42 Å². The van der Waals surface area contributed by atoms with Crippen molar-refractivity contribution in [2.45, 2.75) is 31.6 Å². The van der Waals surface area contributed by atoms with Crippen LogP contribution in [-0.2, 0) is 16.4 Å². The Morgan fingerprint density at radius 1 is 1.42 bits per heavy atom. The fraction of sp³-hybridized carbons (Fsp3) is 0.538. The molecular formula is C13H22N2O3S. The molecule has 1 atom stereocenters. The highest BCUT2D eigenvalue weighted by atomic mass is 32.2. The molecule has 0 aliphatic heterocycles. The maximum atomic E-state index is 12.1. The number of aryl methyl sites for hydroxylation is 1. The average molecular weight is 286 g/mol. The first-order valence-corrected chi connectivity index (χ1v) is 7.88. The third-order valence-electron chi connectivity index (χ3n) is 3.05. The summed E-state index contributed by atoms with van der Waals surface area (Å²) in [7, 11) is -3.53. The molecule has 0 heterocycles. The lowest BCUT2D eigenvalue weighted by molar-refractivity contribution is 0.263. The van der Waals surface area contributed by atoms with Crippen LogP contribution < -0.4 is 10.5 Å². The topological polar surface area (TPSA) is 92.4 Å². The normalized spacial score (nSPS) is 13.4. The van der Waals surface area contributed by atoms with Crippen molar-refractivity contribution in [1.82, 2.24) is 4.72 Å². The number of hydrogen-bond acceptors (Lipinski definition) is 4. The largest absolute Gasteiger partial charge is 0.398 e. The van der Waals surface area contributed by atoms with Crippen molar-refractivity contribution in [2.24, 2.45) is 5.92 Å². The van der Waals surface area contributed by atoms with E-state index in [-0.39, 0.29) is 17.4 Å².